The van der Waals surface area contributed by atoms with Crippen molar-refractivity contribution in [2.24, 2.45) is 0 Å². The zero-order chi connectivity index (χ0) is 21.1. The van der Waals surface area contributed by atoms with Gasteiger partial charge in [0.15, 0.2) is 14.7 Å². The van der Waals surface area contributed by atoms with Crippen molar-refractivity contribution in [3.63, 3.8) is 0 Å². The van der Waals surface area contributed by atoms with Crippen LogP contribution in [0.15, 0.2) is 93.5 Å². The zero-order valence-corrected chi connectivity index (χ0v) is 19.0. The maximum absolute atomic E-state index is 6.00. The van der Waals surface area contributed by atoms with Crippen LogP contribution in [0.2, 0.25) is 0 Å². The third-order valence-corrected chi connectivity index (χ3v) is 6.18. The van der Waals surface area contributed by atoms with Crippen LogP contribution in [0, 0.1) is 0 Å². The van der Waals surface area contributed by atoms with Crippen molar-refractivity contribution in [1.29, 1.82) is 0 Å². The summed E-state index contributed by atoms with van der Waals surface area (Å²) in [5, 5.41) is 0. The molecule has 0 heterocycles. The van der Waals surface area contributed by atoms with E-state index in [0.717, 1.165) is 11.5 Å². The van der Waals surface area contributed by atoms with Gasteiger partial charge in [0.25, 0.3) is 0 Å². The van der Waals surface area contributed by atoms with Crippen LogP contribution in [0.4, 0.5) is 0 Å². The molecule has 0 amide bonds. The molecule has 152 valence electrons. The number of benzene rings is 3. The molecule has 2 nitrogen and oxygen atoms in total. The van der Waals surface area contributed by atoms with Gasteiger partial charge in [0.2, 0.25) is 0 Å². The van der Waals surface area contributed by atoms with Gasteiger partial charge in [-0.15, -0.1) is 0 Å². The Morgan fingerprint density at radius 2 is 0.828 bits per heavy atom. The van der Waals surface area contributed by atoms with E-state index in [9.17, 15) is 0 Å². The van der Waals surface area contributed by atoms with Crippen molar-refractivity contribution in [2.75, 3.05) is 0 Å². The minimum Gasteiger partial charge on any atom is -0.488 e. The second kappa shape index (κ2) is 8.54. The highest BCUT2D eigenvalue weighted by Gasteiger charge is 2.29. The first-order valence-electron chi connectivity index (χ1n) is 9.98. The SMILES string of the molecule is CC(C)(C)Oc1ccc([S+](c2ccccc2)c2ccc(OC(C)(C)C)cc2)cc1. The third-order valence-electron chi connectivity index (χ3n) is 3.95. The van der Waals surface area contributed by atoms with Gasteiger partial charge in [-0.1, -0.05) is 18.2 Å². The van der Waals surface area contributed by atoms with E-state index < -0.39 is 0 Å². The molecule has 0 aromatic heterocycles. The summed E-state index contributed by atoms with van der Waals surface area (Å²) >= 11 is 0. The molecule has 0 saturated carbocycles. The van der Waals surface area contributed by atoms with Crippen LogP contribution in [0.5, 0.6) is 11.5 Å². The average Bonchev–Trinajstić information content (AvgIpc) is 2.63. The Bertz CT molecular complexity index is 843. The van der Waals surface area contributed by atoms with Crippen LogP contribution in [0.25, 0.3) is 0 Å². The van der Waals surface area contributed by atoms with Gasteiger partial charge in [0.05, 0.1) is 10.9 Å². The van der Waals surface area contributed by atoms with Gasteiger partial charge in [0.1, 0.15) is 22.7 Å². The topological polar surface area (TPSA) is 18.5 Å². The van der Waals surface area contributed by atoms with Crippen LogP contribution >= 0.6 is 0 Å². The Balaban J connectivity index is 1.94. The Morgan fingerprint density at radius 3 is 1.17 bits per heavy atom. The van der Waals surface area contributed by atoms with Crippen molar-refractivity contribution in [3.8, 4) is 11.5 Å². The van der Waals surface area contributed by atoms with E-state index in [1.54, 1.807) is 0 Å². The monoisotopic (exact) mass is 407 g/mol. The molecule has 0 atom stereocenters. The Kier molecular flexibility index (Phi) is 6.28. The Morgan fingerprint density at radius 1 is 0.483 bits per heavy atom. The van der Waals surface area contributed by atoms with Gasteiger partial charge >= 0.3 is 0 Å². The lowest BCUT2D eigenvalue weighted by atomic mass is 10.2. The second-order valence-electron chi connectivity index (χ2n) is 8.99. The fraction of sp³-hybridized carbons (Fsp3) is 0.308. The number of hydrogen-bond acceptors (Lipinski definition) is 2. The highest BCUT2D eigenvalue weighted by Crippen LogP contribution is 2.33. The first-order chi connectivity index (χ1) is 13.6. The maximum atomic E-state index is 6.00. The molecule has 0 spiro atoms. The smallest absolute Gasteiger partial charge is 0.166 e. The lowest BCUT2D eigenvalue weighted by Crippen LogP contribution is -2.23. The molecule has 0 fully saturated rings. The summed E-state index contributed by atoms with van der Waals surface area (Å²) < 4.78 is 12.0. The van der Waals surface area contributed by atoms with E-state index in [4.69, 9.17) is 9.47 Å². The van der Waals surface area contributed by atoms with Crippen molar-refractivity contribution in [2.45, 2.75) is 67.4 Å². The molecule has 3 rings (SSSR count). The molecule has 0 aliphatic carbocycles. The molecule has 0 aliphatic rings. The summed E-state index contributed by atoms with van der Waals surface area (Å²) in [5.74, 6) is 1.79. The van der Waals surface area contributed by atoms with E-state index in [0.29, 0.717) is 0 Å². The molecule has 3 aromatic carbocycles. The molecule has 0 unspecified atom stereocenters. The number of ether oxygens (including phenoxy) is 2. The quantitative estimate of drug-likeness (QED) is 0.419. The minimum absolute atomic E-state index is 0.189. The predicted molar refractivity (Wildman–Crippen MR) is 122 cm³/mol. The highest BCUT2D eigenvalue weighted by atomic mass is 32.2. The largest absolute Gasteiger partial charge is 0.488 e. The van der Waals surface area contributed by atoms with Crippen molar-refractivity contribution in [1.82, 2.24) is 0 Å². The number of rotatable bonds is 5. The molecular formula is C26H31O2S+. The van der Waals surface area contributed by atoms with Crippen LogP contribution in [0.3, 0.4) is 0 Å². The van der Waals surface area contributed by atoms with Crippen LogP contribution < -0.4 is 9.47 Å². The fourth-order valence-corrected chi connectivity index (χ4v) is 5.02. The van der Waals surface area contributed by atoms with Crippen molar-refractivity contribution >= 4 is 10.9 Å². The van der Waals surface area contributed by atoms with Gasteiger partial charge < -0.3 is 9.47 Å². The first kappa shape index (κ1) is 21.3. The summed E-state index contributed by atoms with van der Waals surface area (Å²) in [7, 11) is -0.189. The molecule has 0 aliphatic heterocycles. The summed E-state index contributed by atoms with van der Waals surface area (Å²) in [6.07, 6.45) is 0. The fourth-order valence-electron chi connectivity index (χ4n) is 2.96. The van der Waals surface area contributed by atoms with Crippen molar-refractivity contribution in [3.05, 3.63) is 78.9 Å². The molecule has 0 radical (unpaired) electrons. The summed E-state index contributed by atoms with van der Waals surface area (Å²) in [6, 6.07) is 27.6. The predicted octanol–water partition coefficient (Wildman–Crippen LogP) is 7.14. The van der Waals surface area contributed by atoms with Crippen LogP contribution in [-0.4, -0.2) is 11.2 Å². The lowest BCUT2D eigenvalue weighted by molar-refractivity contribution is 0.130. The summed E-state index contributed by atoms with van der Waals surface area (Å²) in [4.78, 5) is 3.82. The van der Waals surface area contributed by atoms with E-state index in [2.05, 4.69) is 120 Å². The van der Waals surface area contributed by atoms with Crippen LogP contribution in [0.1, 0.15) is 41.5 Å². The van der Waals surface area contributed by atoms with Crippen molar-refractivity contribution < 1.29 is 9.47 Å². The Hall–Kier alpha value is -2.39. The van der Waals surface area contributed by atoms with Gasteiger partial charge in [-0.2, -0.15) is 0 Å². The van der Waals surface area contributed by atoms with E-state index >= 15 is 0 Å². The highest BCUT2D eigenvalue weighted by molar-refractivity contribution is 7.97. The zero-order valence-electron chi connectivity index (χ0n) is 18.2. The van der Waals surface area contributed by atoms with Gasteiger partial charge in [-0.3, -0.25) is 0 Å². The minimum atomic E-state index is -0.203. The molecule has 0 N–H and O–H groups in total. The Labute approximate surface area is 178 Å². The standard InChI is InChI=1S/C26H31O2S/c1-25(2,3)27-20-12-16-23(17-13-20)29(22-10-8-7-9-11-22)24-18-14-21(15-19-24)28-26(4,5)6/h7-19H,1-6H3/q+1. The molecular weight excluding hydrogens is 376 g/mol. The summed E-state index contributed by atoms with van der Waals surface area (Å²) in [6.45, 7) is 12.4. The van der Waals surface area contributed by atoms with E-state index in [1.807, 2.05) is 0 Å². The third kappa shape index (κ3) is 6.30. The lowest BCUT2D eigenvalue weighted by Gasteiger charge is -2.21. The molecule has 3 heteroatoms. The first-order valence-corrected chi connectivity index (χ1v) is 11.2. The number of hydrogen-bond donors (Lipinski definition) is 0. The van der Waals surface area contributed by atoms with E-state index in [-0.39, 0.29) is 22.1 Å². The van der Waals surface area contributed by atoms with Gasteiger partial charge in [-0.25, -0.2) is 0 Å². The van der Waals surface area contributed by atoms with E-state index in [1.165, 1.54) is 14.7 Å². The second-order valence-corrected chi connectivity index (χ2v) is 11.0. The summed E-state index contributed by atoms with van der Waals surface area (Å²) in [5.41, 5.74) is -0.406. The molecule has 0 bridgehead atoms. The average molecular weight is 408 g/mol. The normalized spacial score (nSPS) is 12.1. The molecule has 0 saturated heterocycles. The van der Waals surface area contributed by atoms with Gasteiger partial charge in [0, 0.05) is 0 Å². The maximum Gasteiger partial charge on any atom is 0.166 e. The molecule has 3 aromatic rings. The molecule has 29 heavy (non-hydrogen) atoms. The van der Waals surface area contributed by atoms with Crippen LogP contribution in [-0.2, 0) is 10.9 Å². The van der Waals surface area contributed by atoms with Gasteiger partial charge in [-0.05, 0) is 102 Å².